The van der Waals surface area contributed by atoms with Crippen LogP contribution in [0.5, 0.6) is 0 Å². The quantitative estimate of drug-likeness (QED) is 0.898. The van der Waals surface area contributed by atoms with Crippen molar-refractivity contribution in [2.45, 2.75) is 24.8 Å². The highest BCUT2D eigenvalue weighted by atomic mass is 35.5. The van der Waals surface area contributed by atoms with E-state index in [9.17, 15) is 13.2 Å². The molecule has 0 aliphatic carbocycles. The Balaban J connectivity index is 2.03. The zero-order chi connectivity index (χ0) is 17.0. The van der Waals surface area contributed by atoms with E-state index in [2.05, 4.69) is 5.32 Å². The highest BCUT2D eigenvalue weighted by Crippen LogP contribution is 2.16. The second kappa shape index (κ2) is 7.15. The van der Waals surface area contributed by atoms with Gasteiger partial charge in [-0.1, -0.05) is 41.4 Å². The summed E-state index contributed by atoms with van der Waals surface area (Å²) >= 11 is 5.74. The molecule has 1 amide bonds. The molecule has 23 heavy (non-hydrogen) atoms. The van der Waals surface area contributed by atoms with Gasteiger partial charge in [0.1, 0.15) is 5.75 Å². The molecule has 0 aliphatic rings. The lowest BCUT2D eigenvalue weighted by molar-refractivity contribution is -0.119. The Bertz CT molecular complexity index is 784. The van der Waals surface area contributed by atoms with E-state index >= 15 is 0 Å². The fourth-order valence-corrected chi connectivity index (χ4v) is 3.39. The third kappa shape index (κ3) is 4.81. The number of rotatable bonds is 5. The molecule has 0 saturated heterocycles. The Kier molecular flexibility index (Phi) is 5.44. The Labute approximate surface area is 141 Å². The van der Waals surface area contributed by atoms with Crippen molar-refractivity contribution < 1.29 is 13.2 Å². The fraction of sp³-hybridized carbons (Fsp3) is 0.235. The number of halogens is 1. The second-order valence-electron chi connectivity index (χ2n) is 5.41. The zero-order valence-electron chi connectivity index (χ0n) is 12.9. The predicted octanol–water partition coefficient (Wildman–Crippen LogP) is 3.30. The summed E-state index contributed by atoms with van der Waals surface area (Å²) in [4.78, 5) is 12.1. The van der Waals surface area contributed by atoms with Crippen molar-refractivity contribution in [2.75, 3.05) is 5.75 Å². The summed E-state index contributed by atoms with van der Waals surface area (Å²) < 4.78 is 24.4. The molecule has 2 aromatic carbocycles. The summed E-state index contributed by atoms with van der Waals surface area (Å²) in [7, 11) is -3.68. The summed E-state index contributed by atoms with van der Waals surface area (Å²) in [5.41, 5.74) is 2.05. The van der Waals surface area contributed by atoms with Gasteiger partial charge in [-0.2, -0.15) is 0 Å². The number of nitrogens with one attached hydrogen (secondary N) is 1. The number of carbonyl (C=O) groups excluding carboxylic acids is 1. The minimum Gasteiger partial charge on any atom is -0.349 e. The molecule has 0 fully saturated rings. The van der Waals surface area contributed by atoms with Gasteiger partial charge in [0.15, 0.2) is 9.84 Å². The molecule has 2 aromatic rings. The first kappa shape index (κ1) is 17.5. The van der Waals surface area contributed by atoms with Gasteiger partial charge < -0.3 is 5.32 Å². The first-order valence-corrected chi connectivity index (χ1v) is 9.15. The maximum Gasteiger partial charge on any atom is 0.236 e. The number of hydrogen-bond acceptors (Lipinski definition) is 3. The van der Waals surface area contributed by atoms with Gasteiger partial charge in [0, 0.05) is 5.02 Å². The molecule has 1 N–H and O–H groups in total. The van der Waals surface area contributed by atoms with Crippen LogP contribution >= 0.6 is 11.6 Å². The summed E-state index contributed by atoms with van der Waals surface area (Å²) in [6.45, 7) is 3.79. The molecule has 0 radical (unpaired) electrons. The van der Waals surface area contributed by atoms with Crippen molar-refractivity contribution in [2.24, 2.45) is 0 Å². The Morgan fingerprint density at radius 3 is 2.22 bits per heavy atom. The van der Waals surface area contributed by atoms with Crippen LogP contribution in [0.2, 0.25) is 5.02 Å². The van der Waals surface area contributed by atoms with Gasteiger partial charge in [0.2, 0.25) is 5.91 Å². The molecule has 0 bridgehead atoms. The standard InChI is InChI=1S/C17H18ClNO3S/c1-12-3-5-14(6-4-12)13(2)19-17(20)11-23(21,22)16-9-7-15(18)8-10-16/h3-10,13H,11H2,1-2H3,(H,19,20). The van der Waals surface area contributed by atoms with Gasteiger partial charge in [-0.15, -0.1) is 0 Å². The second-order valence-corrected chi connectivity index (χ2v) is 7.84. The summed E-state index contributed by atoms with van der Waals surface area (Å²) in [5, 5.41) is 3.15. The molecule has 122 valence electrons. The van der Waals surface area contributed by atoms with Gasteiger partial charge in [-0.3, -0.25) is 4.79 Å². The first-order valence-electron chi connectivity index (χ1n) is 7.12. The van der Waals surface area contributed by atoms with Crippen molar-refractivity contribution in [1.82, 2.24) is 5.32 Å². The van der Waals surface area contributed by atoms with Crippen LogP contribution in [0.25, 0.3) is 0 Å². The molecule has 4 nitrogen and oxygen atoms in total. The Morgan fingerprint density at radius 2 is 1.65 bits per heavy atom. The van der Waals surface area contributed by atoms with E-state index in [4.69, 9.17) is 11.6 Å². The van der Waals surface area contributed by atoms with Crippen molar-refractivity contribution in [3.8, 4) is 0 Å². The van der Waals surface area contributed by atoms with Crippen LogP contribution in [0.15, 0.2) is 53.4 Å². The van der Waals surface area contributed by atoms with Crippen molar-refractivity contribution in [3.63, 3.8) is 0 Å². The van der Waals surface area contributed by atoms with Crippen molar-refractivity contribution in [1.29, 1.82) is 0 Å². The molecule has 0 spiro atoms. The molecule has 1 atom stereocenters. The topological polar surface area (TPSA) is 63.2 Å². The monoisotopic (exact) mass is 351 g/mol. The smallest absolute Gasteiger partial charge is 0.236 e. The normalized spacial score (nSPS) is 12.7. The SMILES string of the molecule is Cc1ccc(C(C)NC(=O)CS(=O)(=O)c2ccc(Cl)cc2)cc1. The largest absolute Gasteiger partial charge is 0.349 e. The van der Waals surface area contributed by atoms with Crippen molar-refractivity contribution in [3.05, 3.63) is 64.7 Å². The van der Waals surface area contributed by atoms with Crippen LogP contribution in [0, 0.1) is 6.92 Å². The molecular formula is C17H18ClNO3S. The number of aryl methyl sites for hydroxylation is 1. The highest BCUT2D eigenvalue weighted by molar-refractivity contribution is 7.92. The van der Waals surface area contributed by atoms with Gasteiger partial charge in [0.25, 0.3) is 0 Å². The minimum atomic E-state index is -3.68. The van der Waals surface area contributed by atoms with Crippen LogP contribution in [-0.4, -0.2) is 20.1 Å². The minimum absolute atomic E-state index is 0.0834. The molecule has 0 aliphatic heterocycles. The number of hydrogen-bond donors (Lipinski definition) is 1. The third-order valence-electron chi connectivity index (χ3n) is 3.45. The van der Waals surface area contributed by atoms with E-state index in [1.165, 1.54) is 24.3 Å². The van der Waals surface area contributed by atoms with Crippen LogP contribution in [0.4, 0.5) is 0 Å². The Hall–Kier alpha value is -1.85. The average Bonchev–Trinajstić information content (AvgIpc) is 2.47. The number of benzene rings is 2. The summed E-state index contributed by atoms with van der Waals surface area (Å²) in [5.74, 6) is -1.13. The van der Waals surface area contributed by atoms with E-state index in [0.29, 0.717) is 5.02 Å². The number of carbonyl (C=O) groups is 1. The van der Waals surface area contributed by atoms with Crippen LogP contribution < -0.4 is 5.32 Å². The lowest BCUT2D eigenvalue weighted by Crippen LogP contribution is -2.32. The molecular weight excluding hydrogens is 334 g/mol. The third-order valence-corrected chi connectivity index (χ3v) is 5.33. The van der Waals surface area contributed by atoms with E-state index in [0.717, 1.165) is 11.1 Å². The van der Waals surface area contributed by atoms with E-state index in [1.807, 2.05) is 38.1 Å². The maximum atomic E-state index is 12.2. The lowest BCUT2D eigenvalue weighted by atomic mass is 10.1. The van der Waals surface area contributed by atoms with Crippen LogP contribution in [0.3, 0.4) is 0 Å². The van der Waals surface area contributed by atoms with E-state index in [-0.39, 0.29) is 10.9 Å². The maximum absolute atomic E-state index is 12.2. The number of sulfone groups is 1. The summed E-state index contributed by atoms with van der Waals surface area (Å²) in [6, 6.07) is 13.2. The highest BCUT2D eigenvalue weighted by Gasteiger charge is 2.20. The van der Waals surface area contributed by atoms with Gasteiger partial charge in [-0.05, 0) is 43.7 Å². The number of amides is 1. The fourth-order valence-electron chi connectivity index (χ4n) is 2.12. The first-order chi connectivity index (χ1) is 10.8. The van der Waals surface area contributed by atoms with E-state index < -0.39 is 21.5 Å². The zero-order valence-corrected chi connectivity index (χ0v) is 14.5. The lowest BCUT2D eigenvalue weighted by Gasteiger charge is -2.14. The van der Waals surface area contributed by atoms with E-state index in [1.54, 1.807) is 0 Å². The molecule has 2 rings (SSSR count). The van der Waals surface area contributed by atoms with Crippen LogP contribution in [0.1, 0.15) is 24.1 Å². The van der Waals surface area contributed by atoms with Gasteiger partial charge in [-0.25, -0.2) is 8.42 Å². The predicted molar refractivity (Wildman–Crippen MR) is 91.2 cm³/mol. The Morgan fingerprint density at radius 1 is 1.09 bits per heavy atom. The molecule has 6 heteroatoms. The molecule has 0 saturated carbocycles. The van der Waals surface area contributed by atoms with Gasteiger partial charge in [0.05, 0.1) is 10.9 Å². The molecule has 1 unspecified atom stereocenters. The average molecular weight is 352 g/mol. The van der Waals surface area contributed by atoms with Crippen molar-refractivity contribution >= 4 is 27.3 Å². The van der Waals surface area contributed by atoms with Gasteiger partial charge >= 0.3 is 0 Å². The molecule has 0 heterocycles. The molecule has 0 aromatic heterocycles. The summed E-state index contributed by atoms with van der Waals surface area (Å²) in [6.07, 6.45) is 0. The van der Waals surface area contributed by atoms with Crippen LogP contribution in [-0.2, 0) is 14.6 Å².